The molecule has 0 spiro atoms. The fourth-order valence-corrected chi connectivity index (χ4v) is 1.83. The van der Waals surface area contributed by atoms with E-state index in [1.165, 1.54) is 18.4 Å². The Balaban J connectivity index is 2.45. The summed E-state index contributed by atoms with van der Waals surface area (Å²) < 4.78 is 5.78. The Morgan fingerprint density at radius 3 is 2.18 bits per heavy atom. The normalized spacial score (nSPS) is 12.8. The smallest absolute Gasteiger partial charge is 0.119 e. The van der Waals surface area contributed by atoms with Crippen LogP contribution in [0.5, 0.6) is 5.75 Å². The summed E-state index contributed by atoms with van der Waals surface area (Å²) in [6.07, 6.45) is 3.28. The van der Waals surface area contributed by atoms with Gasteiger partial charge in [0, 0.05) is 6.04 Å². The summed E-state index contributed by atoms with van der Waals surface area (Å²) in [6, 6.07) is 8.50. The Bertz CT molecular complexity index is 301. The minimum Gasteiger partial charge on any atom is -0.493 e. The second-order valence-electron chi connectivity index (χ2n) is 4.82. The van der Waals surface area contributed by atoms with Crippen LogP contribution in [-0.4, -0.2) is 12.6 Å². The van der Waals surface area contributed by atoms with E-state index in [1.54, 1.807) is 0 Å². The summed E-state index contributed by atoms with van der Waals surface area (Å²) >= 11 is 0. The van der Waals surface area contributed by atoms with Crippen molar-refractivity contribution >= 4 is 0 Å². The van der Waals surface area contributed by atoms with Gasteiger partial charge >= 0.3 is 0 Å². The van der Waals surface area contributed by atoms with Crippen molar-refractivity contribution in [3.05, 3.63) is 29.8 Å². The molecule has 1 aromatic rings. The van der Waals surface area contributed by atoms with E-state index in [0.717, 1.165) is 18.8 Å². The average molecular weight is 235 g/mol. The van der Waals surface area contributed by atoms with Crippen molar-refractivity contribution in [3.8, 4) is 5.75 Å². The molecule has 0 fully saturated rings. The Morgan fingerprint density at radius 1 is 1.12 bits per heavy atom. The molecule has 0 amide bonds. The molecule has 2 heteroatoms. The summed E-state index contributed by atoms with van der Waals surface area (Å²) in [4.78, 5) is 0. The van der Waals surface area contributed by atoms with Crippen LogP contribution in [0.3, 0.4) is 0 Å². The van der Waals surface area contributed by atoms with Gasteiger partial charge in [-0.1, -0.05) is 38.8 Å². The van der Waals surface area contributed by atoms with Crippen LogP contribution in [0.15, 0.2) is 24.3 Å². The molecule has 1 rings (SSSR count). The standard InChI is InChI=1S/C15H25NO/c1-4-13(5-2)11-17-15-8-6-14(7-9-15)10-12(3)16/h6-9,12-13H,4-5,10-11,16H2,1-3H3. The molecule has 0 aliphatic rings. The number of hydrogen-bond acceptors (Lipinski definition) is 2. The van der Waals surface area contributed by atoms with Crippen molar-refractivity contribution < 1.29 is 4.74 Å². The lowest BCUT2D eigenvalue weighted by atomic mass is 10.1. The van der Waals surface area contributed by atoms with Crippen molar-refractivity contribution in [1.29, 1.82) is 0 Å². The summed E-state index contributed by atoms with van der Waals surface area (Å²) in [5.74, 6) is 1.63. The summed E-state index contributed by atoms with van der Waals surface area (Å²) in [5, 5.41) is 0. The van der Waals surface area contributed by atoms with Gasteiger partial charge in [-0.25, -0.2) is 0 Å². The van der Waals surface area contributed by atoms with Gasteiger partial charge in [-0.15, -0.1) is 0 Å². The summed E-state index contributed by atoms with van der Waals surface area (Å²) in [7, 11) is 0. The van der Waals surface area contributed by atoms with Crippen LogP contribution in [0.1, 0.15) is 39.2 Å². The van der Waals surface area contributed by atoms with E-state index in [-0.39, 0.29) is 6.04 Å². The molecule has 96 valence electrons. The molecule has 0 bridgehead atoms. The second kappa shape index (κ2) is 7.33. The Kier molecular flexibility index (Phi) is 6.06. The molecule has 2 N–H and O–H groups in total. The van der Waals surface area contributed by atoms with Gasteiger partial charge in [0.05, 0.1) is 6.61 Å². The predicted octanol–water partition coefficient (Wildman–Crippen LogP) is 3.39. The molecule has 1 unspecified atom stereocenters. The van der Waals surface area contributed by atoms with Crippen molar-refractivity contribution in [2.45, 2.75) is 46.1 Å². The van der Waals surface area contributed by atoms with E-state index in [2.05, 4.69) is 26.0 Å². The van der Waals surface area contributed by atoms with Crippen molar-refractivity contribution in [2.75, 3.05) is 6.61 Å². The van der Waals surface area contributed by atoms with Crippen LogP contribution >= 0.6 is 0 Å². The quantitative estimate of drug-likeness (QED) is 0.786. The van der Waals surface area contributed by atoms with Crippen LogP contribution in [-0.2, 0) is 6.42 Å². The molecular weight excluding hydrogens is 210 g/mol. The zero-order valence-corrected chi connectivity index (χ0v) is 11.3. The summed E-state index contributed by atoms with van der Waals surface area (Å²) in [6.45, 7) is 7.27. The average Bonchev–Trinajstić information content (AvgIpc) is 2.32. The highest BCUT2D eigenvalue weighted by Crippen LogP contribution is 2.16. The van der Waals surface area contributed by atoms with Crippen LogP contribution < -0.4 is 10.5 Å². The maximum Gasteiger partial charge on any atom is 0.119 e. The van der Waals surface area contributed by atoms with Gasteiger partial charge in [0.1, 0.15) is 5.75 Å². The molecular formula is C15H25NO. The van der Waals surface area contributed by atoms with Crippen LogP contribution in [0.25, 0.3) is 0 Å². The molecule has 0 aromatic heterocycles. The zero-order chi connectivity index (χ0) is 12.7. The number of hydrogen-bond donors (Lipinski definition) is 1. The third kappa shape index (κ3) is 5.22. The van der Waals surface area contributed by atoms with Crippen LogP contribution in [0, 0.1) is 5.92 Å². The lowest BCUT2D eigenvalue weighted by Crippen LogP contribution is -2.17. The van der Waals surface area contributed by atoms with Gasteiger partial charge in [-0.2, -0.15) is 0 Å². The summed E-state index contributed by atoms with van der Waals surface area (Å²) in [5.41, 5.74) is 7.04. The van der Waals surface area contributed by atoms with E-state index >= 15 is 0 Å². The van der Waals surface area contributed by atoms with Crippen molar-refractivity contribution in [2.24, 2.45) is 11.7 Å². The molecule has 0 aliphatic carbocycles. The van der Waals surface area contributed by atoms with Crippen LogP contribution in [0.4, 0.5) is 0 Å². The molecule has 0 saturated heterocycles. The highest BCUT2D eigenvalue weighted by Gasteiger charge is 2.04. The fourth-order valence-electron chi connectivity index (χ4n) is 1.83. The van der Waals surface area contributed by atoms with Gasteiger partial charge in [-0.05, 0) is 37.0 Å². The van der Waals surface area contributed by atoms with Crippen molar-refractivity contribution in [1.82, 2.24) is 0 Å². The van der Waals surface area contributed by atoms with Gasteiger partial charge in [0.15, 0.2) is 0 Å². The largest absolute Gasteiger partial charge is 0.493 e. The van der Waals surface area contributed by atoms with E-state index in [9.17, 15) is 0 Å². The fraction of sp³-hybridized carbons (Fsp3) is 0.600. The molecule has 17 heavy (non-hydrogen) atoms. The Morgan fingerprint density at radius 2 is 1.71 bits per heavy atom. The zero-order valence-electron chi connectivity index (χ0n) is 11.3. The third-order valence-corrected chi connectivity index (χ3v) is 3.12. The highest BCUT2D eigenvalue weighted by molar-refractivity contribution is 5.27. The Hall–Kier alpha value is -1.02. The van der Waals surface area contributed by atoms with E-state index in [1.807, 2.05) is 19.1 Å². The predicted molar refractivity (Wildman–Crippen MR) is 73.4 cm³/mol. The van der Waals surface area contributed by atoms with Gasteiger partial charge in [0.25, 0.3) is 0 Å². The molecule has 0 aliphatic heterocycles. The first-order valence-electron chi connectivity index (χ1n) is 6.63. The van der Waals surface area contributed by atoms with Gasteiger partial charge in [-0.3, -0.25) is 0 Å². The highest BCUT2D eigenvalue weighted by atomic mass is 16.5. The maximum absolute atomic E-state index is 5.78. The topological polar surface area (TPSA) is 35.2 Å². The van der Waals surface area contributed by atoms with E-state index < -0.39 is 0 Å². The molecule has 1 aromatic carbocycles. The number of nitrogens with two attached hydrogens (primary N) is 1. The van der Waals surface area contributed by atoms with Gasteiger partial charge < -0.3 is 10.5 Å². The first kappa shape index (κ1) is 14.0. The number of benzene rings is 1. The molecule has 0 heterocycles. The first-order valence-corrected chi connectivity index (χ1v) is 6.63. The van der Waals surface area contributed by atoms with E-state index in [0.29, 0.717) is 5.92 Å². The molecule has 2 nitrogen and oxygen atoms in total. The van der Waals surface area contributed by atoms with E-state index in [4.69, 9.17) is 10.5 Å². The van der Waals surface area contributed by atoms with Gasteiger partial charge in [0.2, 0.25) is 0 Å². The minimum atomic E-state index is 0.214. The Labute approximate surface area is 105 Å². The lowest BCUT2D eigenvalue weighted by Gasteiger charge is -2.14. The molecule has 0 radical (unpaired) electrons. The van der Waals surface area contributed by atoms with Crippen LogP contribution in [0.2, 0.25) is 0 Å². The monoisotopic (exact) mass is 235 g/mol. The lowest BCUT2D eigenvalue weighted by molar-refractivity contribution is 0.240. The minimum absolute atomic E-state index is 0.214. The second-order valence-corrected chi connectivity index (χ2v) is 4.82. The number of ether oxygens (including phenoxy) is 1. The number of rotatable bonds is 7. The SMILES string of the molecule is CCC(CC)COc1ccc(CC(C)N)cc1. The van der Waals surface area contributed by atoms with Crippen molar-refractivity contribution in [3.63, 3.8) is 0 Å². The molecule has 0 saturated carbocycles. The third-order valence-electron chi connectivity index (χ3n) is 3.12. The first-order chi connectivity index (χ1) is 8.15. The molecule has 1 atom stereocenters. The maximum atomic E-state index is 5.78.